The van der Waals surface area contributed by atoms with Gasteiger partial charge in [-0.15, -0.1) is 10.2 Å². The number of hydrogen-bond donors (Lipinski definition) is 2. The van der Waals surface area contributed by atoms with Gasteiger partial charge in [-0.1, -0.05) is 23.5 Å². The Morgan fingerprint density at radius 3 is 2.90 bits per heavy atom. The van der Waals surface area contributed by atoms with Crippen LogP contribution in [0.25, 0.3) is 0 Å². The third kappa shape index (κ3) is 5.14. The summed E-state index contributed by atoms with van der Waals surface area (Å²) < 4.78 is 13.0. The Hall–Kier alpha value is -2.98. The van der Waals surface area contributed by atoms with Gasteiger partial charge in [-0.25, -0.2) is 14.4 Å². The molecule has 0 unspecified atom stereocenters. The fourth-order valence-corrected chi connectivity index (χ4v) is 4.32. The van der Waals surface area contributed by atoms with E-state index in [9.17, 15) is 9.18 Å². The Morgan fingerprint density at radius 1 is 1.27 bits per heavy atom. The summed E-state index contributed by atoms with van der Waals surface area (Å²) in [5.41, 5.74) is 7.50. The van der Waals surface area contributed by atoms with Gasteiger partial charge in [0.05, 0.1) is 12.2 Å². The third-order valence-electron chi connectivity index (χ3n) is 5.01. The maximum atomic E-state index is 13.0. The molecule has 156 valence electrons. The van der Waals surface area contributed by atoms with Gasteiger partial charge in [-0.2, -0.15) is 0 Å². The number of halogens is 1. The molecule has 8 nitrogen and oxygen atoms in total. The molecule has 0 bridgehead atoms. The second kappa shape index (κ2) is 9.23. The zero-order chi connectivity index (χ0) is 20.9. The van der Waals surface area contributed by atoms with Crippen LogP contribution in [-0.2, 0) is 13.1 Å². The molecule has 0 saturated carbocycles. The average molecular weight is 428 g/mol. The topological polar surface area (TPSA) is 110 Å². The quantitative estimate of drug-likeness (QED) is 0.621. The summed E-state index contributed by atoms with van der Waals surface area (Å²) in [5, 5.41) is 12.1. The van der Waals surface area contributed by atoms with Crippen LogP contribution in [0, 0.1) is 5.82 Å². The molecule has 1 saturated heterocycles. The summed E-state index contributed by atoms with van der Waals surface area (Å²) in [4.78, 5) is 23.0. The van der Waals surface area contributed by atoms with E-state index in [2.05, 4.69) is 30.4 Å². The Kier molecular flexibility index (Phi) is 6.24. The minimum atomic E-state index is -0.304. The predicted octanol–water partition coefficient (Wildman–Crippen LogP) is 2.36. The summed E-state index contributed by atoms with van der Waals surface area (Å²) in [6.07, 6.45) is 3.80. The highest BCUT2D eigenvalue weighted by Gasteiger charge is 2.24. The third-order valence-corrected chi connectivity index (χ3v) is 5.91. The predicted molar refractivity (Wildman–Crippen MR) is 111 cm³/mol. The number of carbonyl (C=O) groups is 1. The Labute approximate surface area is 177 Å². The smallest absolute Gasteiger partial charge is 0.282 e. The first-order valence-electron chi connectivity index (χ1n) is 9.72. The van der Waals surface area contributed by atoms with Crippen molar-refractivity contribution >= 4 is 23.2 Å². The maximum absolute atomic E-state index is 13.0. The molecule has 1 aliphatic rings. The molecule has 3 aromatic rings. The summed E-state index contributed by atoms with van der Waals surface area (Å²) in [6.45, 7) is 2.76. The van der Waals surface area contributed by atoms with Gasteiger partial charge in [0.1, 0.15) is 10.8 Å². The van der Waals surface area contributed by atoms with Crippen LogP contribution >= 0.6 is 11.3 Å². The number of hydrogen-bond acceptors (Lipinski definition) is 8. The Balaban J connectivity index is 1.32. The number of nitrogen functional groups attached to an aromatic ring is 1. The lowest BCUT2D eigenvalue weighted by Crippen LogP contribution is -2.34. The van der Waals surface area contributed by atoms with E-state index in [4.69, 9.17) is 5.73 Å². The lowest BCUT2D eigenvalue weighted by atomic mass is 9.94. The van der Waals surface area contributed by atoms with Crippen molar-refractivity contribution in [3.05, 3.63) is 63.6 Å². The zero-order valence-electron chi connectivity index (χ0n) is 16.3. The molecular formula is C20H22FN7OS. The van der Waals surface area contributed by atoms with E-state index < -0.39 is 0 Å². The maximum Gasteiger partial charge on any atom is 0.282 e. The second-order valence-electron chi connectivity index (χ2n) is 7.22. The highest BCUT2D eigenvalue weighted by molar-refractivity contribution is 7.13. The molecule has 0 radical (unpaired) electrons. The van der Waals surface area contributed by atoms with Gasteiger partial charge in [0.25, 0.3) is 5.91 Å². The fraction of sp³-hybridized carbons (Fsp3) is 0.350. The van der Waals surface area contributed by atoms with Crippen molar-refractivity contribution in [1.82, 2.24) is 30.4 Å². The van der Waals surface area contributed by atoms with E-state index in [1.165, 1.54) is 23.5 Å². The number of benzene rings is 1. The van der Waals surface area contributed by atoms with Crippen LogP contribution in [0.1, 0.15) is 44.8 Å². The lowest BCUT2D eigenvalue weighted by molar-refractivity contribution is 0.0950. The van der Waals surface area contributed by atoms with E-state index in [-0.39, 0.29) is 11.7 Å². The number of amides is 1. The summed E-state index contributed by atoms with van der Waals surface area (Å²) in [6, 6.07) is 7.93. The highest BCUT2D eigenvalue weighted by atomic mass is 32.1. The minimum Gasteiger partial charge on any atom is -0.368 e. The summed E-state index contributed by atoms with van der Waals surface area (Å²) in [7, 11) is 0. The molecule has 0 spiro atoms. The van der Waals surface area contributed by atoms with Gasteiger partial charge in [-0.05, 0) is 43.1 Å². The Morgan fingerprint density at radius 2 is 2.10 bits per heavy atom. The van der Waals surface area contributed by atoms with Crippen LogP contribution in [0.15, 0.2) is 36.5 Å². The number of nitrogens with one attached hydrogen (secondary N) is 1. The first-order chi connectivity index (χ1) is 14.6. The lowest BCUT2D eigenvalue weighted by Gasteiger charge is -2.31. The number of aromatic nitrogens is 4. The fourth-order valence-electron chi connectivity index (χ4n) is 3.52. The molecule has 1 aromatic carbocycles. The van der Waals surface area contributed by atoms with Crippen LogP contribution in [-0.4, -0.2) is 44.1 Å². The van der Waals surface area contributed by atoms with Crippen molar-refractivity contribution in [1.29, 1.82) is 0 Å². The van der Waals surface area contributed by atoms with Crippen molar-refractivity contribution in [2.45, 2.75) is 31.8 Å². The molecule has 2 aromatic heterocycles. The Bertz CT molecular complexity index is 1010. The molecule has 3 heterocycles. The zero-order valence-corrected chi connectivity index (χ0v) is 17.1. The van der Waals surface area contributed by atoms with Gasteiger partial charge in [0.2, 0.25) is 11.0 Å². The molecule has 1 fully saturated rings. The van der Waals surface area contributed by atoms with Gasteiger partial charge in [0, 0.05) is 25.2 Å². The number of piperidine rings is 1. The first-order valence-corrected chi connectivity index (χ1v) is 10.5. The van der Waals surface area contributed by atoms with Crippen LogP contribution in [0.4, 0.5) is 10.3 Å². The SMILES string of the molecule is Nc1nccc([C@H]2CCCN(Cc3nnc(C(=O)NCc4ccc(F)cc4)s3)C2)n1. The molecule has 30 heavy (non-hydrogen) atoms. The van der Waals surface area contributed by atoms with Crippen molar-refractivity contribution in [3.8, 4) is 0 Å². The van der Waals surface area contributed by atoms with Crippen LogP contribution < -0.4 is 11.1 Å². The van der Waals surface area contributed by atoms with Gasteiger partial charge in [0.15, 0.2) is 0 Å². The van der Waals surface area contributed by atoms with Crippen molar-refractivity contribution < 1.29 is 9.18 Å². The number of likely N-dealkylation sites (tertiary alicyclic amines) is 1. The van der Waals surface area contributed by atoms with Crippen LogP contribution in [0.3, 0.4) is 0 Å². The molecule has 1 aliphatic heterocycles. The van der Waals surface area contributed by atoms with Gasteiger partial charge in [-0.3, -0.25) is 9.69 Å². The minimum absolute atomic E-state index is 0.281. The number of nitrogens with two attached hydrogens (primary N) is 1. The number of rotatable bonds is 6. The summed E-state index contributed by atoms with van der Waals surface area (Å²) in [5.74, 6) is 0.0125. The van der Waals surface area contributed by atoms with E-state index in [0.29, 0.717) is 30.0 Å². The number of carbonyl (C=O) groups excluding carboxylic acids is 1. The van der Waals surface area contributed by atoms with Crippen molar-refractivity contribution in [2.24, 2.45) is 0 Å². The number of anilines is 1. The molecule has 10 heteroatoms. The van der Waals surface area contributed by atoms with Crippen LogP contribution in [0.5, 0.6) is 0 Å². The standard InChI is InChI=1S/C20H22FN7OS/c21-15-5-3-13(4-6-15)10-24-18(29)19-27-26-17(30-19)12-28-9-1-2-14(11-28)16-7-8-23-20(22)25-16/h3-8,14H,1-2,9-12H2,(H,24,29)(H2,22,23,25)/t14-/m0/s1. The molecule has 0 aliphatic carbocycles. The van der Waals surface area contributed by atoms with Crippen molar-refractivity contribution in [2.75, 3.05) is 18.8 Å². The largest absolute Gasteiger partial charge is 0.368 e. The van der Waals surface area contributed by atoms with E-state index >= 15 is 0 Å². The normalized spacial score (nSPS) is 17.0. The van der Waals surface area contributed by atoms with Crippen molar-refractivity contribution in [3.63, 3.8) is 0 Å². The average Bonchev–Trinajstić information content (AvgIpc) is 3.22. The molecule has 4 rings (SSSR count). The van der Waals surface area contributed by atoms with Gasteiger partial charge >= 0.3 is 0 Å². The van der Waals surface area contributed by atoms with E-state index in [1.54, 1.807) is 18.3 Å². The summed E-state index contributed by atoms with van der Waals surface area (Å²) >= 11 is 1.29. The number of nitrogens with zero attached hydrogens (tertiary/aromatic N) is 5. The molecular weight excluding hydrogens is 405 g/mol. The highest BCUT2D eigenvalue weighted by Crippen LogP contribution is 2.27. The van der Waals surface area contributed by atoms with Crippen LogP contribution in [0.2, 0.25) is 0 Å². The van der Waals surface area contributed by atoms with Gasteiger partial charge < -0.3 is 11.1 Å². The molecule has 1 atom stereocenters. The van der Waals surface area contributed by atoms with E-state index in [0.717, 1.165) is 42.2 Å². The van der Waals surface area contributed by atoms with E-state index in [1.807, 2.05) is 6.07 Å². The molecule has 3 N–H and O–H groups in total. The second-order valence-corrected chi connectivity index (χ2v) is 8.29. The molecule has 1 amide bonds. The monoisotopic (exact) mass is 427 g/mol. The first kappa shape index (κ1) is 20.3.